The number of hydroxylamine groups is 2. The molecule has 0 aromatic heterocycles. The van der Waals surface area contributed by atoms with Crippen molar-refractivity contribution in [1.29, 1.82) is 0 Å². The fourth-order valence-corrected chi connectivity index (χ4v) is 4.75. The molecule has 0 bridgehead atoms. The third kappa shape index (κ3) is 12.6. The molecule has 0 saturated carbocycles. The smallest absolute Gasteiger partial charge is 0.257 e. The number of aryl methyl sites for hydroxylation is 1. The number of anilines is 2. The quantitative estimate of drug-likeness (QED) is 0.171. The molecule has 0 radical (unpaired) electrons. The Morgan fingerprint density at radius 3 is 1.54 bits per heavy atom. The van der Waals surface area contributed by atoms with Crippen molar-refractivity contribution in [2.45, 2.75) is 41.0 Å². The van der Waals surface area contributed by atoms with Crippen molar-refractivity contribution in [3.63, 3.8) is 0 Å². The third-order valence-electron chi connectivity index (χ3n) is 6.93. The van der Waals surface area contributed by atoms with Crippen LogP contribution >= 0.6 is 23.2 Å². The van der Waals surface area contributed by atoms with Crippen LogP contribution in [-0.2, 0) is 20.8 Å². The first-order chi connectivity index (χ1) is 22.8. The number of ketones is 1. The number of carbonyl (C=O) groups is 4. The van der Waals surface area contributed by atoms with E-state index in [0.29, 0.717) is 32.4 Å². The first-order valence-electron chi connectivity index (χ1n) is 15.4. The summed E-state index contributed by atoms with van der Waals surface area (Å²) in [6.07, 6.45) is 0.204. The molecule has 4 aromatic rings. The maximum atomic E-state index is 12.5. The number of nitrogens with zero attached hydrogens (tertiary/aromatic N) is 1. The minimum Gasteiger partial charge on any atom is -0.322 e. The second-order valence-electron chi connectivity index (χ2n) is 11.3. The van der Waals surface area contributed by atoms with E-state index in [-0.39, 0.29) is 41.8 Å². The van der Waals surface area contributed by atoms with Gasteiger partial charge in [-0.25, -0.2) is 5.06 Å². The molecule has 0 heterocycles. The average Bonchev–Trinajstić information content (AvgIpc) is 3.05. The Morgan fingerprint density at radius 2 is 1.12 bits per heavy atom. The standard InChI is InChI=1S/C18H18ClNO2.C14H12ClNO.C6H13NO2/c1-12(2)16(21)11-13-7-6-10-15(19)17(13)18(22)20-14-8-4-3-5-9-14;1-10-6-5-9-12(15)13(10)14(17)16-11-7-3-2-4-8-11;1-5(2)6(8)7(3)9-4/h3-10,12H,11H2,1-2H3,(H,20,22);2-9H,1H3,(H,16,17);5H,1-4H3. The zero-order valence-electron chi connectivity index (χ0n) is 28.3. The average molecular weight is 693 g/mol. The van der Waals surface area contributed by atoms with Crippen molar-refractivity contribution < 1.29 is 24.0 Å². The maximum absolute atomic E-state index is 12.5. The zero-order valence-corrected chi connectivity index (χ0v) is 29.9. The molecule has 10 heteroatoms. The summed E-state index contributed by atoms with van der Waals surface area (Å²) in [5, 5.41) is 7.67. The number of hydrogen-bond donors (Lipinski definition) is 2. The van der Waals surface area contributed by atoms with E-state index in [2.05, 4.69) is 15.5 Å². The van der Waals surface area contributed by atoms with Crippen LogP contribution in [0.5, 0.6) is 0 Å². The lowest BCUT2D eigenvalue weighted by atomic mass is 9.97. The Morgan fingerprint density at radius 1 is 0.667 bits per heavy atom. The molecule has 4 rings (SSSR count). The largest absolute Gasteiger partial charge is 0.322 e. The molecule has 4 aromatic carbocycles. The molecule has 0 spiro atoms. The van der Waals surface area contributed by atoms with E-state index in [1.807, 2.05) is 95.3 Å². The topological polar surface area (TPSA) is 105 Å². The Balaban J connectivity index is 0.000000273. The van der Waals surface area contributed by atoms with Gasteiger partial charge in [-0.15, -0.1) is 0 Å². The number of hydrogen-bond acceptors (Lipinski definition) is 5. The summed E-state index contributed by atoms with van der Waals surface area (Å²) in [6.45, 7) is 9.22. The van der Waals surface area contributed by atoms with Gasteiger partial charge in [0.15, 0.2) is 0 Å². The van der Waals surface area contributed by atoms with Crippen molar-refractivity contribution >= 4 is 58.1 Å². The van der Waals surface area contributed by atoms with Crippen LogP contribution in [0.4, 0.5) is 11.4 Å². The highest BCUT2D eigenvalue weighted by atomic mass is 35.5. The number of nitrogens with one attached hydrogen (secondary N) is 2. The third-order valence-corrected chi connectivity index (χ3v) is 7.56. The predicted octanol–water partition coefficient (Wildman–Crippen LogP) is 8.92. The lowest BCUT2D eigenvalue weighted by Gasteiger charge is -2.15. The van der Waals surface area contributed by atoms with Crippen LogP contribution in [-0.4, -0.2) is 42.7 Å². The van der Waals surface area contributed by atoms with Crippen molar-refractivity contribution in [3.8, 4) is 0 Å². The highest BCUT2D eigenvalue weighted by molar-refractivity contribution is 6.35. The molecule has 0 atom stereocenters. The summed E-state index contributed by atoms with van der Waals surface area (Å²) in [5.41, 5.74) is 3.86. The lowest BCUT2D eigenvalue weighted by molar-refractivity contribution is -0.172. The molecule has 3 amide bonds. The highest BCUT2D eigenvalue weighted by Gasteiger charge is 2.19. The molecule has 254 valence electrons. The van der Waals surface area contributed by atoms with Crippen LogP contribution in [0.2, 0.25) is 10.0 Å². The molecule has 0 aliphatic rings. The number of Topliss-reactive ketones (excluding diaryl/α,β-unsaturated/α-hetero) is 1. The van der Waals surface area contributed by atoms with E-state index in [0.717, 1.165) is 11.3 Å². The number of para-hydroxylation sites is 2. The Labute approximate surface area is 293 Å². The first kappa shape index (κ1) is 39.7. The monoisotopic (exact) mass is 691 g/mol. The molecule has 0 aliphatic heterocycles. The van der Waals surface area contributed by atoms with Crippen LogP contribution in [0.1, 0.15) is 59.5 Å². The van der Waals surface area contributed by atoms with Crippen molar-refractivity contribution in [3.05, 3.63) is 129 Å². The Hall–Kier alpha value is -4.50. The van der Waals surface area contributed by atoms with Gasteiger partial charge in [0.1, 0.15) is 5.78 Å². The molecular formula is C38H43Cl2N3O5. The normalized spacial score (nSPS) is 10.2. The molecular weight excluding hydrogens is 649 g/mol. The van der Waals surface area contributed by atoms with Gasteiger partial charge in [-0.3, -0.25) is 24.0 Å². The van der Waals surface area contributed by atoms with E-state index >= 15 is 0 Å². The van der Waals surface area contributed by atoms with Gasteiger partial charge in [0.05, 0.1) is 28.3 Å². The van der Waals surface area contributed by atoms with Gasteiger partial charge in [0.25, 0.3) is 11.8 Å². The molecule has 8 nitrogen and oxygen atoms in total. The van der Waals surface area contributed by atoms with E-state index in [1.54, 1.807) is 43.4 Å². The number of rotatable bonds is 9. The van der Waals surface area contributed by atoms with E-state index < -0.39 is 0 Å². The second kappa shape index (κ2) is 20.0. The zero-order chi connectivity index (χ0) is 35.8. The molecule has 0 unspecified atom stereocenters. The Bertz CT molecular complexity index is 1640. The molecule has 2 N–H and O–H groups in total. The van der Waals surface area contributed by atoms with E-state index in [1.165, 1.54) is 12.2 Å². The van der Waals surface area contributed by atoms with Crippen molar-refractivity contribution in [1.82, 2.24) is 5.06 Å². The minimum absolute atomic E-state index is 0.00231. The van der Waals surface area contributed by atoms with Gasteiger partial charge in [0, 0.05) is 36.7 Å². The lowest BCUT2D eigenvalue weighted by Crippen LogP contribution is -2.29. The van der Waals surface area contributed by atoms with Gasteiger partial charge in [0.2, 0.25) is 5.91 Å². The summed E-state index contributed by atoms with van der Waals surface area (Å²) < 4.78 is 0. The highest BCUT2D eigenvalue weighted by Crippen LogP contribution is 2.24. The van der Waals surface area contributed by atoms with Crippen molar-refractivity contribution in [2.24, 2.45) is 11.8 Å². The fourth-order valence-electron chi connectivity index (χ4n) is 4.17. The number of carbonyl (C=O) groups excluding carboxylic acids is 4. The summed E-state index contributed by atoms with van der Waals surface area (Å²) in [5.74, 6) is -0.477. The minimum atomic E-state index is -0.302. The summed E-state index contributed by atoms with van der Waals surface area (Å²) in [6, 6.07) is 29.1. The summed E-state index contributed by atoms with van der Waals surface area (Å²) in [7, 11) is 3.07. The number of benzene rings is 4. The van der Waals surface area contributed by atoms with Crippen LogP contribution < -0.4 is 10.6 Å². The molecule has 0 aliphatic carbocycles. The fraction of sp³-hybridized carbons (Fsp3) is 0.263. The molecule has 0 saturated heterocycles. The van der Waals surface area contributed by atoms with Gasteiger partial charge in [-0.05, 0) is 54.4 Å². The van der Waals surface area contributed by atoms with Crippen molar-refractivity contribution in [2.75, 3.05) is 24.8 Å². The van der Waals surface area contributed by atoms with Gasteiger partial charge in [-0.2, -0.15) is 0 Å². The molecule has 0 fully saturated rings. The Kier molecular flexibility index (Phi) is 16.5. The van der Waals surface area contributed by atoms with Crippen LogP contribution in [0.25, 0.3) is 0 Å². The van der Waals surface area contributed by atoms with E-state index in [9.17, 15) is 19.2 Å². The first-order valence-corrected chi connectivity index (χ1v) is 16.1. The number of halogens is 2. The van der Waals surface area contributed by atoms with Gasteiger partial charge < -0.3 is 10.6 Å². The van der Waals surface area contributed by atoms with Crippen LogP contribution in [0, 0.1) is 18.8 Å². The maximum Gasteiger partial charge on any atom is 0.257 e. The molecule has 48 heavy (non-hydrogen) atoms. The van der Waals surface area contributed by atoms with E-state index in [4.69, 9.17) is 23.2 Å². The summed E-state index contributed by atoms with van der Waals surface area (Å²) >= 11 is 12.2. The second-order valence-corrected chi connectivity index (χ2v) is 12.1. The summed E-state index contributed by atoms with van der Waals surface area (Å²) in [4.78, 5) is 52.1. The van der Waals surface area contributed by atoms with Gasteiger partial charge in [-0.1, -0.05) is 112 Å². The predicted molar refractivity (Wildman–Crippen MR) is 195 cm³/mol. The van der Waals surface area contributed by atoms with Crippen LogP contribution in [0.15, 0.2) is 97.1 Å². The SMILES string of the molecule is CC(C)C(=O)Cc1cccc(Cl)c1C(=O)Nc1ccccc1.CON(C)C(=O)C(C)C.Cc1cccc(Cl)c1C(=O)Nc1ccccc1. The number of amides is 3. The van der Waals surface area contributed by atoms with Crippen LogP contribution in [0.3, 0.4) is 0 Å². The van der Waals surface area contributed by atoms with Gasteiger partial charge >= 0.3 is 0 Å².